The van der Waals surface area contributed by atoms with Gasteiger partial charge >= 0.3 is 5.97 Å². The van der Waals surface area contributed by atoms with E-state index >= 15 is 0 Å². The van der Waals surface area contributed by atoms with E-state index in [0.717, 1.165) is 0 Å². The summed E-state index contributed by atoms with van der Waals surface area (Å²) in [6.45, 7) is 0.658. The Morgan fingerprint density at radius 3 is 1.89 bits per heavy atom. The number of nitrogens with two attached hydrogens (primary N) is 3. The first kappa shape index (κ1) is 45.9. The van der Waals surface area contributed by atoms with Crippen molar-refractivity contribution < 1.29 is 52.2 Å². The molecule has 13 N–H and O–H groups in total. The molecular weight excluding hydrogens is 753 g/mol. The van der Waals surface area contributed by atoms with E-state index in [1.165, 1.54) is 36.4 Å². The fourth-order valence-electron chi connectivity index (χ4n) is 5.92. The minimum Gasteiger partial charge on any atom is -0.508 e. The van der Waals surface area contributed by atoms with E-state index < -0.39 is 101 Å². The first-order chi connectivity index (χ1) is 27.1. The van der Waals surface area contributed by atoms with Crippen LogP contribution in [-0.4, -0.2) is 95.1 Å². The van der Waals surface area contributed by atoms with Gasteiger partial charge in [0.1, 0.15) is 41.8 Å². The summed E-state index contributed by atoms with van der Waals surface area (Å²) >= 11 is 0. The van der Waals surface area contributed by atoms with E-state index in [-0.39, 0.29) is 43.9 Å². The summed E-state index contributed by atoms with van der Waals surface area (Å²) in [5.41, 5.74) is 17.2. The van der Waals surface area contributed by atoms with Crippen molar-refractivity contribution in [1.29, 1.82) is 0 Å². The third-order valence-corrected chi connectivity index (χ3v) is 9.20. The second-order valence-electron chi connectivity index (χ2n) is 13.7. The van der Waals surface area contributed by atoms with Gasteiger partial charge in [0, 0.05) is 18.9 Å². The van der Waals surface area contributed by atoms with Crippen LogP contribution in [-0.2, 0) is 41.6 Å². The number of aliphatic carboxylic acids is 1. The average molecular weight is 805 g/mol. The lowest BCUT2D eigenvalue weighted by Gasteiger charge is -2.27. The van der Waals surface area contributed by atoms with Crippen LogP contribution in [0.5, 0.6) is 5.75 Å². The lowest BCUT2D eigenvalue weighted by Crippen LogP contribution is -2.59. The number of carbonyl (C=O) groups is 6. The van der Waals surface area contributed by atoms with Crippen LogP contribution in [0.15, 0.2) is 48.6 Å². The van der Waals surface area contributed by atoms with Gasteiger partial charge in [-0.25, -0.2) is 18.0 Å². The van der Waals surface area contributed by atoms with E-state index in [0.29, 0.717) is 50.4 Å². The van der Waals surface area contributed by atoms with Crippen LogP contribution >= 0.6 is 0 Å². The van der Waals surface area contributed by atoms with E-state index in [4.69, 9.17) is 17.2 Å². The number of phenols is 1. The van der Waals surface area contributed by atoms with Crippen LogP contribution in [0.25, 0.3) is 0 Å². The van der Waals surface area contributed by atoms with E-state index in [1.807, 2.05) is 0 Å². The SMILES string of the molecule is NCCCC[C@@H]1NC(=O)[C@H](CCCCN)NC(=O)[C@@H](N)C/C=C/C[C@@H](C(=O)N[C@@H](Cc2ccc(O)cc2)C(=O)N[C@@H](Cc2cc(F)c(F)cc2F)C(=O)O)NC1=O. The van der Waals surface area contributed by atoms with Gasteiger partial charge in [0.05, 0.1) is 6.04 Å². The van der Waals surface area contributed by atoms with Gasteiger partial charge in [0.2, 0.25) is 29.5 Å². The Kier molecular flexibility index (Phi) is 18.4. The summed E-state index contributed by atoms with van der Waals surface area (Å²) in [4.78, 5) is 80.1. The van der Waals surface area contributed by atoms with Gasteiger partial charge in [0.25, 0.3) is 0 Å². The van der Waals surface area contributed by atoms with Crippen molar-refractivity contribution in [3.8, 4) is 5.75 Å². The molecule has 2 aromatic carbocycles. The van der Waals surface area contributed by atoms with Crippen molar-refractivity contribution in [1.82, 2.24) is 26.6 Å². The third-order valence-electron chi connectivity index (χ3n) is 9.20. The standard InChI is InChI=1S/C38H51F3N8O8/c39-24-20-26(41)25(40)18-22(24)19-32(38(56)57)49-37(55)31(17-21-11-13-23(50)14-12-21)48-36(54)29-8-2-1-7-27(44)33(51)45-28(9-3-5-15-42)34(52)47-30(35(53)46-29)10-4-6-16-43/h1-2,11-14,18,20,27-32,50H,3-10,15-17,19,42-44H2,(H,45,51)(H,46,53)(H,47,52)(H,48,54)(H,49,55)(H,56,57)/b2-1+/t27-,28-,29-,30-,31-,32-/m0/s1. The maximum Gasteiger partial charge on any atom is 0.326 e. The molecule has 0 saturated carbocycles. The number of phenolic OH excluding ortho intramolecular Hbond substituents is 1. The lowest BCUT2D eigenvalue weighted by molar-refractivity contribution is -0.142. The summed E-state index contributed by atoms with van der Waals surface area (Å²) in [6.07, 6.45) is 4.06. The molecule has 0 aliphatic carbocycles. The molecule has 19 heteroatoms. The van der Waals surface area contributed by atoms with Crippen LogP contribution < -0.4 is 43.8 Å². The van der Waals surface area contributed by atoms with Crippen LogP contribution in [0, 0.1) is 17.5 Å². The molecule has 312 valence electrons. The Bertz CT molecular complexity index is 1750. The van der Waals surface area contributed by atoms with Gasteiger partial charge in [-0.05, 0) is 93.8 Å². The molecule has 0 unspecified atom stereocenters. The lowest BCUT2D eigenvalue weighted by atomic mass is 10.0. The molecule has 0 saturated heterocycles. The van der Waals surface area contributed by atoms with E-state index in [1.54, 1.807) is 0 Å². The Morgan fingerprint density at radius 2 is 1.30 bits per heavy atom. The van der Waals surface area contributed by atoms with Crippen molar-refractivity contribution >= 4 is 35.5 Å². The summed E-state index contributed by atoms with van der Waals surface area (Å²) in [7, 11) is 0. The monoisotopic (exact) mass is 804 g/mol. The molecular formula is C38H51F3N8O8. The predicted octanol–water partition coefficient (Wildman–Crippen LogP) is 0.0386. The zero-order valence-corrected chi connectivity index (χ0v) is 31.3. The number of halogens is 3. The fraction of sp³-hybridized carbons (Fsp3) is 0.474. The number of aromatic hydroxyl groups is 1. The van der Waals surface area contributed by atoms with Crippen molar-refractivity contribution in [2.24, 2.45) is 17.2 Å². The Hall–Kier alpha value is -5.53. The Balaban J connectivity index is 1.94. The smallest absolute Gasteiger partial charge is 0.326 e. The molecule has 0 aromatic heterocycles. The van der Waals surface area contributed by atoms with Crippen LogP contribution in [0.4, 0.5) is 13.2 Å². The molecule has 1 heterocycles. The van der Waals surface area contributed by atoms with Gasteiger partial charge in [-0.3, -0.25) is 24.0 Å². The maximum absolute atomic E-state index is 14.5. The topological polar surface area (TPSA) is 281 Å². The summed E-state index contributed by atoms with van der Waals surface area (Å²) < 4.78 is 41.9. The van der Waals surface area contributed by atoms with Crippen molar-refractivity contribution in [2.45, 2.75) is 100 Å². The molecule has 6 atom stereocenters. The Morgan fingerprint density at radius 1 is 0.737 bits per heavy atom. The third kappa shape index (κ3) is 14.8. The quantitative estimate of drug-likeness (QED) is 0.0579. The van der Waals surface area contributed by atoms with Gasteiger partial charge in [-0.2, -0.15) is 0 Å². The minimum atomic E-state index is -1.87. The van der Waals surface area contributed by atoms with Crippen molar-refractivity contribution in [3.63, 3.8) is 0 Å². The first-order valence-electron chi connectivity index (χ1n) is 18.6. The van der Waals surface area contributed by atoms with Gasteiger partial charge in [-0.1, -0.05) is 24.3 Å². The molecule has 1 aliphatic heterocycles. The van der Waals surface area contributed by atoms with E-state index in [9.17, 15) is 52.2 Å². The van der Waals surface area contributed by atoms with Crippen LogP contribution in [0.2, 0.25) is 0 Å². The number of benzene rings is 2. The number of carboxylic acid groups (broad SMARTS) is 1. The number of amides is 5. The highest BCUT2D eigenvalue weighted by Crippen LogP contribution is 2.17. The second-order valence-corrected chi connectivity index (χ2v) is 13.7. The number of nitrogens with one attached hydrogen (secondary N) is 5. The molecule has 16 nitrogen and oxygen atoms in total. The summed E-state index contributed by atoms with van der Waals surface area (Å²) in [6, 6.07) is -1.88. The van der Waals surface area contributed by atoms with Crippen LogP contribution in [0.3, 0.4) is 0 Å². The molecule has 0 fully saturated rings. The molecule has 2 aromatic rings. The van der Waals surface area contributed by atoms with Crippen molar-refractivity contribution in [2.75, 3.05) is 13.1 Å². The van der Waals surface area contributed by atoms with Crippen molar-refractivity contribution in [3.05, 3.63) is 77.1 Å². The first-order valence-corrected chi connectivity index (χ1v) is 18.6. The normalized spacial score (nSPS) is 20.8. The average Bonchev–Trinajstić information content (AvgIpc) is 3.16. The molecule has 57 heavy (non-hydrogen) atoms. The van der Waals surface area contributed by atoms with Gasteiger partial charge in [0.15, 0.2) is 11.6 Å². The molecule has 5 amide bonds. The highest BCUT2D eigenvalue weighted by Gasteiger charge is 2.33. The Labute approximate surface area is 327 Å². The number of hydrogen-bond donors (Lipinski definition) is 10. The highest BCUT2D eigenvalue weighted by molar-refractivity contribution is 5.96. The fourth-order valence-corrected chi connectivity index (χ4v) is 5.92. The zero-order valence-electron chi connectivity index (χ0n) is 31.3. The predicted molar refractivity (Wildman–Crippen MR) is 201 cm³/mol. The maximum atomic E-state index is 14.5. The minimum absolute atomic E-state index is 0.00597. The molecule has 0 radical (unpaired) electrons. The highest BCUT2D eigenvalue weighted by atomic mass is 19.2. The van der Waals surface area contributed by atoms with E-state index in [2.05, 4.69) is 26.6 Å². The molecule has 1 aliphatic rings. The summed E-state index contributed by atoms with van der Waals surface area (Å²) in [5, 5.41) is 32.3. The molecule has 3 rings (SSSR count). The number of hydrogen-bond acceptors (Lipinski definition) is 10. The number of carboxylic acids is 1. The number of unbranched alkanes of at least 4 members (excludes halogenated alkanes) is 2. The molecule has 0 bridgehead atoms. The zero-order chi connectivity index (χ0) is 42.1. The number of rotatable bonds is 17. The van der Waals surface area contributed by atoms with Gasteiger partial charge in [-0.15, -0.1) is 0 Å². The largest absolute Gasteiger partial charge is 0.508 e. The summed E-state index contributed by atoms with van der Waals surface area (Å²) in [5.74, 6) is -9.95. The number of carbonyl (C=O) groups excluding carboxylic acids is 5. The van der Waals surface area contributed by atoms with Gasteiger partial charge < -0.3 is 54.0 Å². The second kappa shape index (κ2) is 22.9. The van der Waals surface area contributed by atoms with Crippen LogP contribution in [0.1, 0.15) is 62.5 Å². The molecule has 0 spiro atoms.